The number of anilines is 1. The summed E-state index contributed by atoms with van der Waals surface area (Å²) in [6.07, 6.45) is 1.75. The lowest BCUT2D eigenvalue weighted by molar-refractivity contribution is 0.572. The fraction of sp³-hybridized carbons (Fsp3) is 0.200. The highest BCUT2D eigenvalue weighted by Gasteiger charge is 2.11. The van der Waals surface area contributed by atoms with Crippen molar-refractivity contribution in [3.8, 4) is 11.3 Å². The Morgan fingerprint density at radius 1 is 0.962 bits per heavy atom. The van der Waals surface area contributed by atoms with Crippen molar-refractivity contribution in [2.75, 3.05) is 5.32 Å². The summed E-state index contributed by atoms with van der Waals surface area (Å²) in [5, 5.41) is 12.5. The summed E-state index contributed by atoms with van der Waals surface area (Å²) in [6, 6.07) is 18.5. The quantitative estimate of drug-likeness (QED) is 0.591. The predicted molar refractivity (Wildman–Crippen MR) is 103 cm³/mol. The van der Waals surface area contributed by atoms with E-state index in [1.165, 1.54) is 0 Å². The molecule has 0 radical (unpaired) electrons. The van der Waals surface area contributed by atoms with Crippen molar-refractivity contribution in [2.45, 2.75) is 26.4 Å². The zero-order chi connectivity index (χ0) is 17.9. The van der Waals surface area contributed by atoms with Gasteiger partial charge in [0, 0.05) is 17.0 Å². The van der Waals surface area contributed by atoms with Crippen molar-refractivity contribution < 1.29 is 0 Å². The predicted octanol–water partition coefficient (Wildman–Crippen LogP) is 4.08. The van der Waals surface area contributed by atoms with Crippen LogP contribution in [-0.2, 0) is 6.54 Å². The first-order valence-electron chi connectivity index (χ1n) is 8.67. The molecule has 1 N–H and O–H groups in total. The largest absolute Gasteiger partial charge is 0.347 e. The second kappa shape index (κ2) is 6.92. The number of para-hydroxylation sites is 1. The van der Waals surface area contributed by atoms with Crippen molar-refractivity contribution in [1.29, 1.82) is 0 Å². The highest BCUT2D eigenvalue weighted by atomic mass is 15.3. The molecular weight excluding hydrogens is 324 g/mol. The zero-order valence-corrected chi connectivity index (χ0v) is 14.8. The van der Waals surface area contributed by atoms with Crippen LogP contribution < -0.4 is 5.32 Å². The van der Waals surface area contributed by atoms with Gasteiger partial charge in [0.05, 0.1) is 17.8 Å². The summed E-state index contributed by atoms with van der Waals surface area (Å²) in [5.41, 5.74) is 2.90. The van der Waals surface area contributed by atoms with E-state index in [-0.39, 0.29) is 0 Å². The van der Waals surface area contributed by atoms with E-state index in [2.05, 4.69) is 52.5 Å². The van der Waals surface area contributed by atoms with Gasteiger partial charge in [-0.3, -0.25) is 0 Å². The summed E-state index contributed by atoms with van der Waals surface area (Å²) in [5.74, 6) is 1.44. The average Bonchev–Trinajstić information content (AvgIpc) is 3.15. The van der Waals surface area contributed by atoms with E-state index < -0.39 is 0 Å². The summed E-state index contributed by atoms with van der Waals surface area (Å²) in [6.45, 7) is 4.73. The van der Waals surface area contributed by atoms with Gasteiger partial charge in [0.1, 0.15) is 6.33 Å². The first-order valence-corrected chi connectivity index (χ1v) is 8.67. The molecule has 0 atom stereocenters. The zero-order valence-electron chi connectivity index (χ0n) is 14.8. The van der Waals surface area contributed by atoms with E-state index in [4.69, 9.17) is 4.98 Å². The Kier molecular flexibility index (Phi) is 4.31. The summed E-state index contributed by atoms with van der Waals surface area (Å²) >= 11 is 0. The van der Waals surface area contributed by atoms with Crippen LogP contribution in [0.3, 0.4) is 0 Å². The average molecular weight is 344 g/mol. The van der Waals surface area contributed by atoms with Crippen LogP contribution in [0.1, 0.15) is 25.7 Å². The van der Waals surface area contributed by atoms with Crippen molar-refractivity contribution in [3.63, 3.8) is 0 Å². The fourth-order valence-corrected chi connectivity index (χ4v) is 2.95. The Bertz CT molecular complexity index is 1020. The normalized spacial score (nSPS) is 11.2. The Balaban J connectivity index is 1.71. The Hall–Kier alpha value is -3.28. The monoisotopic (exact) mass is 344 g/mol. The lowest BCUT2D eigenvalue weighted by Gasteiger charge is -2.12. The minimum Gasteiger partial charge on any atom is -0.347 e. The molecule has 6 heteroatoms. The Morgan fingerprint density at radius 3 is 2.54 bits per heavy atom. The maximum atomic E-state index is 4.77. The number of aromatic nitrogens is 5. The molecule has 2 heterocycles. The SMILES string of the molecule is CC(C)n1cnnc1CNc1nc(-c2ccccc2)c2ccccc2n1. The van der Waals surface area contributed by atoms with Gasteiger partial charge in [0.15, 0.2) is 5.82 Å². The number of benzene rings is 2. The summed E-state index contributed by atoms with van der Waals surface area (Å²) < 4.78 is 2.03. The highest BCUT2D eigenvalue weighted by molar-refractivity contribution is 5.93. The van der Waals surface area contributed by atoms with Gasteiger partial charge in [-0.1, -0.05) is 48.5 Å². The van der Waals surface area contributed by atoms with E-state index >= 15 is 0 Å². The second-order valence-electron chi connectivity index (χ2n) is 6.38. The van der Waals surface area contributed by atoms with Crippen LogP contribution in [0.25, 0.3) is 22.2 Å². The minimum atomic E-state index is 0.305. The molecule has 2 aromatic heterocycles. The molecule has 4 aromatic rings. The molecule has 2 aromatic carbocycles. The highest BCUT2D eigenvalue weighted by Crippen LogP contribution is 2.27. The van der Waals surface area contributed by atoms with Gasteiger partial charge in [0.25, 0.3) is 0 Å². The van der Waals surface area contributed by atoms with Crippen molar-refractivity contribution in [2.24, 2.45) is 0 Å². The molecule has 0 spiro atoms. The van der Waals surface area contributed by atoms with Crippen LogP contribution in [0.2, 0.25) is 0 Å². The second-order valence-corrected chi connectivity index (χ2v) is 6.38. The lowest BCUT2D eigenvalue weighted by Crippen LogP contribution is -2.12. The van der Waals surface area contributed by atoms with Gasteiger partial charge in [-0.15, -0.1) is 10.2 Å². The van der Waals surface area contributed by atoms with Crippen LogP contribution in [0.5, 0.6) is 0 Å². The first-order chi connectivity index (χ1) is 12.7. The molecule has 0 saturated carbocycles. The van der Waals surface area contributed by atoms with Crippen LogP contribution in [0.4, 0.5) is 5.95 Å². The van der Waals surface area contributed by atoms with E-state index in [9.17, 15) is 0 Å². The van der Waals surface area contributed by atoms with Gasteiger partial charge < -0.3 is 9.88 Å². The third-order valence-corrected chi connectivity index (χ3v) is 4.26. The molecule has 0 saturated heterocycles. The number of hydrogen-bond acceptors (Lipinski definition) is 5. The minimum absolute atomic E-state index is 0.305. The fourth-order valence-electron chi connectivity index (χ4n) is 2.95. The molecule has 0 aliphatic heterocycles. The van der Waals surface area contributed by atoms with Gasteiger partial charge in [-0.25, -0.2) is 9.97 Å². The van der Waals surface area contributed by atoms with E-state index in [0.29, 0.717) is 18.5 Å². The van der Waals surface area contributed by atoms with Crippen LogP contribution in [0, 0.1) is 0 Å². The van der Waals surface area contributed by atoms with Crippen molar-refractivity contribution in [1.82, 2.24) is 24.7 Å². The lowest BCUT2D eigenvalue weighted by atomic mass is 10.1. The van der Waals surface area contributed by atoms with Crippen LogP contribution in [0.15, 0.2) is 60.9 Å². The van der Waals surface area contributed by atoms with Gasteiger partial charge in [-0.05, 0) is 19.9 Å². The molecule has 0 amide bonds. The van der Waals surface area contributed by atoms with Crippen LogP contribution >= 0.6 is 0 Å². The van der Waals surface area contributed by atoms with Gasteiger partial charge in [0.2, 0.25) is 5.95 Å². The molecule has 0 aliphatic rings. The molecular formula is C20H20N6. The molecule has 0 bridgehead atoms. The molecule has 0 aliphatic carbocycles. The maximum absolute atomic E-state index is 4.77. The molecule has 130 valence electrons. The molecule has 0 unspecified atom stereocenters. The third-order valence-electron chi connectivity index (χ3n) is 4.26. The smallest absolute Gasteiger partial charge is 0.224 e. The topological polar surface area (TPSA) is 68.5 Å². The van der Waals surface area contributed by atoms with Gasteiger partial charge in [-0.2, -0.15) is 0 Å². The van der Waals surface area contributed by atoms with Crippen molar-refractivity contribution in [3.05, 3.63) is 66.7 Å². The van der Waals surface area contributed by atoms with Gasteiger partial charge >= 0.3 is 0 Å². The maximum Gasteiger partial charge on any atom is 0.224 e. The summed E-state index contributed by atoms with van der Waals surface area (Å²) in [7, 11) is 0. The first kappa shape index (κ1) is 16.2. The number of rotatable bonds is 5. The number of nitrogens with zero attached hydrogens (tertiary/aromatic N) is 5. The van der Waals surface area contributed by atoms with E-state index in [1.807, 2.05) is 41.0 Å². The standard InChI is InChI=1S/C20H20N6/c1-14(2)26-13-22-25-18(26)12-21-20-23-17-11-7-6-10-16(17)19(24-20)15-8-4-3-5-9-15/h3-11,13-14H,12H2,1-2H3,(H,21,23,24). The number of fused-ring (bicyclic) bond motifs is 1. The van der Waals surface area contributed by atoms with Crippen molar-refractivity contribution >= 4 is 16.9 Å². The van der Waals surface area contributed by atoms with Crippen LogP contribution in [-0.4, -0.2) is 24.7 Å². The Morgan fingerprint density at radius 2 is 1.73 bits per heavy atom. The van der Waals surface area contributed by atoms with E-state index in [0.717, 1.165) is 28.0 Å². The molecule has 6 nitrogen and oxygen atoms in total. The molecule has 4 rings (SSSR count). The third kappa shape index (κ3) is 3.13. The number of hydrogen-bond donors (Lipinski definition) is 1. The molecule has 0 fully saturated rings. The van der Waals surface area contributed by atoms with E-state index in [1.54, 1.807) is 6.33 Å². The summed E-state index contributed by atoms with van der Waals surface area (Å²) in [4.78, 5) is 9.42. The molecule has 26 heavy (non-hydrogen) atoms. The number of nitrogens with one attached hydrogen (secondary N) is 1. The Labute approximate surface area is 152 Å².